The summed E-state index contributed by atoms with van der Waals surface area (Å²) in [7, 11) is 0. The number of amides is 4. The largest absolute Gasteiger partial charge is 0.332 e. The van der Waals surface area contributed by atoms with E-state index in [1.165, 1.54) is 29.2 Å². The molecule has 0 spiro atoms. The standard InChI is InChI=1S/C22H24FN3O3/c1-14-20(28)25(21(29)26(14)16-11-9-15(23)10-12-16)13-19(27)24-18-8-6-5-7-17(18)22(2,3)4/h5-12,14H,13H2,1-4H3,(H,24,27). The molecule has 2 aromatic rings. The van der Waals surface area contributed by atoms with Gasteiger partial charge in [-0.3, -0.25) is 19.4 Å². The Bertz CT molecular complexity index is 951. The van der Waals surface area contributed by atoms with Crippen LogP contribution in [-0.2, 0) is 15.0 Å². The van der Waals surface area contributed by atoms with E-state index in [-0.39, 0.29) is 5.41 Å². The number of urea groups is 1. The van der Waals surface area contributed by atoms with Gasteiger partial charge in [0.1, 0.15) is 18.4 Å². The molecule has 0 saturated carbocycles. The molecule has 0 aromatic heterocycles. The van der Waals surface area contributed by atoms with Gasteiger partial charge in [-0.05, 0) is 48.2 Å². The van der Waals surface area contributed by atoms with Crippen molar-refractivity contribution in [3.05, 3.63) is 59.9 Å². The van der Waals surface area contributed by atoms with E-state index < -0.39 is 36.2 Å². The van der Waals surface area contributed by atoms with E-state index in [0.29, 0.717) is 11.4 Å². The highest BCUT2D eigenvalue weighted by atomic mass is 19.1. The number of para-hydroxylation sites is 1. The zero-order valence-electron chi connectivity index (χ0n) is 16.9. The Hall–Kier alpha value is -3.22. The van der Waals surface area contributed by atoms with Crippen LogP contribution in [0.2, 0.25) is 0 Å². The number of hydrogen-bond acceptors (Lipinski definition) is 3. The normalized spacial score (nSPS) is 17.1. The van der Waals surface area contributed by atoms with Gasteiger partial charge in [-0.1, -0.05) is 39.0 Å². The molecule has 152 valence electrons. The van der Waals surface area contributed by atoms with Crippen molar-refractivity contribution in [3.8, 4) is 0 Å². The van der Waals surface area contributed by atoms with Crippen LogP contribution in [0.15, 0.2) is 48.5 Å². The van der Waals surface area contributed by atoms with Gasteiger partial charge in [-0.25, -0.2) is 9.18 Å². The number of carbonyl (C=O) groups excluding carboxylic acids is 3. The fourth-order valence-electron chi connectivity index (χ4n) is 3.39. The van der Waals surface area contributed by atoms with Gasteiger partial charge in [0, 0.05) is 11.4 Å². The van der Waals surface area contributed by atoms with Gasteiger partial charge < -0.3 is 5.32 Å². The second kappa shape index (κ2) is 7.66. The molecule has 1 aliphatic heterocycles. The van der Waals surface area contributed by atoms with Crippen molar-refractivity contribution in [2.75, 3.05) is 16.8 Å². The highest BCUT2D eigenvalue weighted by Gasteiger charge is 2.44. The average molecular weight is 397 g/mol. The minimum Gasteiger partial charge on any atom is -0.324 e. The predicted octanol–water partition coefficient (Wildman–Crippen LogP) is 3.92. The lowest BCUT2D eigenvalue weighted by molar-refractivity contribution is -0.130. The van der Waals surface area contributed by atoms with Crippen LogP contribution in [0.3, 0.4) is 0 Å². The molecule has 4 amide bonds. The van der Waals surface area contributed by atoms with Gasteiger partial charge >= 0.3 is 6.03 Å². The van der Waals surface area contributed by atoms with Crippen molar-refractivity contribution < 1.29 is 18.8 Å². The second-order valence-electron chi connectivity index (χ2n) is 8.07. The van der Waals surface area contributed by atoms with Crippen molar-refractivity contribution in [1.82, 2.24) is 4.90 Å². The van der Waals surface area contributed by atoms with Crippen LogP contribution in [0.4, 0.5) is 20.6 Å². The SMILES string of the molecule is CC1C(=O)N(CC(=O)Nc2ccccc2C(C)(C)C)C(=O)N1c1ccc(F)cc1. The fourth-order valence-corrected chi connectivity index (χ4v) is 3.39. The number of imide groups is 1. The molecular weight excluding hydrogens is 373 g/mol. The summed E-state index contributed by atoms with van der Waals surface area (Å²) in [4.78, 5) is 40.2. The Morgan fingerprint density at radius 3 is 2.31 bits per heavy atom. The van der Waals surface area contributed by atoms with E-state index in [1.807, 2.05) is 39.0 Å². The van der Waals surface area contributed by atoms with Crippen molar-refractivity contribution >= 4 is 29.2 Å². The third-order valence-electron chi connectivity index (χ3n) is 4.86. The summed E-state index contributed by atoms with van der Waals surface area (Å²) in [5.41, 5.74) is 1.82. The maximum absolute atomic E-state index is 13.2. The molecule has 3 rings (SSSR count). The number of carbonyl (C=O) groups is 3. The minimum atomic E-state index is -0.775. The van der Waals surface area contributed by atoms with Crippen molar-refractivity contribution in [1.29, 1.82) is 0 Å². The Morgan fingerprint density at radius 2 is 1.69 bits per heavy atom. The van der Waals surface area contributed by atoms with Gasteiger partial charge in [0.25, 0.3) is 5.91 Å². The molecule has 7 heteroatoms. The molecule has 1 saturated heterocycles. The summed E-state index contributed by atoms with van der Waals surface area (Å²) in [6.07, 6.45) is 0. The number of benzene rings is 2. The topological polar surface area (TPSA) is 69.7 Å². The monoisotopic (exact) mass is 397 g/mol. The van der Waals surface area contributed by atoms with Gasteiger partial charge in [-0.15, -0.1) is 0 Å². The molecule has 1 unspecified atom stereocenters. The highest BCUT2D eigenvalue weighted by Crippen LogP contribution is 2.30. The molecule has 1 fully saturated rings. The van der Waals surface area contributed by atoms with Crippen molar-refractivity contribution in [2.24, 2.45) is 0 Å². The lowest BCUT2D eigenvalue weighted by Crippen LogP contribution is -2.39. The Balaban J connectivity index is 1.77. The number of anilines is 2. The molecule has 29 heavy (non-hydrogen) atoms. The maximum atomic E-state index is 13.2. The fraction of sp³-hybridized carbons (Fsp3) is 0.318. The van der Waals surface area contributed by atoms with E-state index in [2.05, 4.69) is 5.32 Å². The first-order valence-electron chi connectivity index (χ1n) is 9.39. The van der Waals surface area contributed by atoms with E-state index in [0.717, 1.165) is 10.5 Å². The van der Waals surface area contributed by atoms with E-state index in [4.69, 9.17) is 0 Å². The third-order valence-corrected chi connectivity index (χ3v) is 4.86. The van der Waals surface area contributed by atoms with Gasteiger partial charge in [-0.2, -0.15) is 0 Å². The molecule has 1 aliphatic rings. The first-order chi connectivity index (χ1) is 13.6. The molecule has 1 heterocycles. The number of nitrogens with one attached hydrogen (secondary N) is 1. The van der Waals surface area contributed by atoms with E-state index in [1.54, 1.807) is 13.0 Å². The highest BCUT2D eigenvalue weighted by molar-refractivity contribution is 6.16. The first-order valence-corrected chi connectivity index (χ1v) is 9.39. The Labute approximate surface area is 169 Å². The number of rotatable bonds is 4. The molecule has 1 atom stereocenters. The van der Waals surface area contributed by atoms with Crippen LogP contribution in [0.5, 0.6) is 0 Å². The summed E-state index contributed by atoms with van der Waals surface area (Å²) in [5, 5.41) is 2.81. The van der Waals surface area contributed by atoms with Crippen LogP contribution in [-0.4, -0.2) is 35.3 Å². The Morgan fingerprint density at radius 1 is 1.07 bits per heavy atom. The van der Waals surface area contributed by atoms with Gasteiger partial charge in [0.05, 0.1) is 0 Å². The predicted molar refractivity (Wildman–Crippen MR) is 109 cm³/mol. The summed E-state index contributed by atoms with van der Waals surface area (Å²) < 4.78 is 13.2. The molecule has 0 bridgehead atoms. The van der Waals surface area contributed by atoms with Gasteiger partial charge in [0.15, 0.2) is 0 Å². The number of halogens is 1. The summed E-state index contributed by atoms with van der Waals surface area (Å²) >= 11 is 0. The minimum absolute atomic E-state index is 0.183. The van der Waals surface area contributed by atoms with Gasteiger partial charge in [0.2, 0.25) is 5.91 Å². The number of hydrogen-bond donors (Lipinski definition) is 1. The van der Waals surface area contributed by atoms with Crippen LogP contribution in [0, 0.1) is 5.82 Å². The van der Waals surface area contributed by atoms with Crippen LogP contribution >= 0.6 is 0 Å². The van der Waals surface area contributed by atoms with E-state index in [9.17, 15) is 18.8 Å². The van der Waals surface area contributed by atoms with Crippen molar-refractivity contribution in [3.63, 3.8) is 0 Å². The molecular formula is C22H24FN3O3. The Kier molecular flexibility index (Phi) is 5.42. The van der Waals surface area contributed by atoms with Crippen LogP contribution < -0.4 is 10.2 Å². The zero-order valence-corrected chi connectivity index (χ0v) is 16.9. The lowest BCUT2D eigenvalue weighted by atomic mass is 9.86. The lowest BCUT2D eigenvalue weighted by Gasteiger charge is -2.23. The average Bonchev–Trinajstić information content (AvgIpc) is 2.86. The zero-order chi connectivity index (χ0) is 21.3. The van der Waals surface area contributed by atoms with E-state index >= 15 is 0 Å². The molecule has 6 nitrogen and oxygen atoms in total. The smallest absolute Gasteiger partial charge is 0.324 e. The number of nitrogens with zero attached hydrogens (tertiary/aromatic N) is 2. The maximum Gasteiger partial charge on any atom is 0.332 e. The summed E-state index contributed by atoms with van der Waals surface area (Å²) in [6, 6.07) is 11.4. The molecule has 1 N–H and O–H groups in total. The summed E-state index contributed by atoms with van der Waals surface area (Å²) in [5.74, 6) is -1.37. The third kappa shape index (κ3) is 4.13. The molecule has 2 aromatic carbocycles. The molecule has 0 aliphatic carbocycles. The summed E-state index contributed by atoms with van der Waals surface area (Å²) in [6.45, 7) is 7.30. The second-order valence-corrected chi connectivity index (χ2v) is 8.07. The first kappa shape index (κ1) is 20.5. The molecule has 0 radical (unpaired) electrons. The van der Waals surface area contributed by atoms with Crippen LogP contribution in [0.1, 0.15) is 33.3 Å². The quantitative estimate of drug-likeness (QED) is 0.795. The van der Waals surface area contributed by atoms with Crippen LogP contribution in [0.25, 0.3) is 0 Å². The van der Waals surface area contributed by atoms with Crippen molar-refractivity contribution in [2.45, 2.75) is 39.2 Å².